The first kappa shape index (κ1) is 14.4. The topological polar surface area (TPSA) is 29.5 Å². The highest BCUT2D eigenvalue weighted by atomic mass is 16.5. The first-order chi connectivity index (χ1) is 9.17. The number of benzene rings is 1. The highest BCUT2D eigenvalue weighted by Gasteiger charge is 2.52. The Bertz CT molecular complexity index is 392. The van der Waals surface area contributed by atoms with Gasteiger partial charge < -0.3 is 9.84 Å². The fraction of sp³-hybridized carbons (Fsp3) is 0.647. The molecule has 1 N–H and O–H groups in total. The first-order valence-corrected chi connectivity index (χ1v) is 7.58. The van der Waals surface area contributed by atoms with Crippen LogP contribution in [0.1, 0.15) is 57.9 Å². The van der Waals surface area contributed by atoms with Gasteiger partial charge in [0.05, 0.1) is 12.7 Å². The Balaban J connectivity index is 2.10. The van der Waals surface area contributed by atoms with Crippen molar-refractivity contribution in [1.82, 2.24) is 0 Å². The molecule has 0 heterocycles. The Labute approximate surface area is 116 Å². The Morgan fingerprint density at radius 3 is 2.26 bits per heavy atom. The van der Waals surface area contributed by atoms with Crippen molar-refractivity contribution in [1.29, 1.82) is 0 Å². The van der Waals surface area contributed by atoms with Gasteiger partial charge in [-0.3, -0.25) is 0 Å². The smallest absolute Gasteiger partial charge is 0.119 e. The minimum atomic E-state index is -0.136. The average molecular weight is 262 g/mol. The Hall–Kier alpha value is -1.02. The summed E-state index contributed by atoms with van der Waals surface area (Å²) in [4.78, 5) is 0. The number of aliphatic hydroxyl groups excluding tert-OH is 1. The van der Waals surface area contributed by atoms with Crippen molar-refractivity contribution in [2.45, 2.75) is 58.5 Å². The summed E-state index contributed by atoms with van der Waals surface area (Å²) in [5.41, 5.74) is 1.43. The molecule has 1 aromatic rings. The SMILES string of the molecule is CCCOc1ccc(C2CC(O)C2(CC)CC)cc1. The summed E-state index contributed by atoms with van der Waals surface area (Å²) in [6.45, 7) is 7.27. The summed E-state index contributed by atoms with van der Waals surface area (Å²) in [6.07, 6.45) is 3.89. The zero-order valence-corrected chi connectivity index (χ0v) is 12.4. The molecule has 19 heavy (non-hydrogen) atoms. The number of rotatable bonds is 6. The third-order valence-electron chi connectivity index (χ3n) is 4.89. The molecule has 1 aliphatic rings. The first-order valence-electron chi connectivity index (χ1n) is 7.58. The van der Waals surface area contributed by atoms with E-state index in [-0.39, 0.29) is 11.5 Å². The summed E-state index contributed by atoms with van der Waals surface area (Å²) < 4.78 is 5.62. The summed E-state index contributed by atoms with van der Waals surface area (Å²) >= 11 is 0. The lowest BCUT2D eigenvalue weighted by atomic mass is 9.53. The van der Waals surface area contributed by atoms with Crippen LogP contribution in [0.5, 0.6) is 5.75 Å². The van der Waals surface area contributed by atoms with Crippen molar-refractivity contribution in [3.8, 4) is 5.75 Å². The average Bonchev–Trinajstić information content (AvgIpc) is 2.45. The molecule has 0 aromatic heterocycles. The molecule has 2 heteroatoms. The number of ether oxygens (including phenoxy) is 1. The zero-order chi connectivity index (χ0) is 13.9. The van der Waals surface area contributed by atoms with Crippen LogP contribution in [0.4, 0.5) is 0 Å². The standard InChI is InChI=1S/C17H26O2/c1-4-11-19-14-9-7-13(8-10-14)15-12-16(18)17(15,5-2)6-3/h7-10,15-16,18H,4-6,11-12H2,1-3H3. The van der Waals surface area contributed by atoms with Crippen molar-refractivity contribution in [3.63, 3.8) is 0 Å². The quantitative estimate of drug-likeness (QED) is 0.835. The maximum atomic E-state index is 10.1. The van der Waals surface area contributed by atoms with Gasteiger partial charge in [-0.25, -0.2) is 0 Å². The molecule has 2 atom stereocenters. The van der Waals surface area contributed by atoms with Crippen molar-refractivity contribution in [3.05, 3.63) is 29.8 Å². The van der Waals surface area contributed by atoms with E-state index in [1.54, 1.807) is 0 Å². The maximum absolute atomic E-state index is 10.1. The van der Waals surface area contributed by atoms with Crippen LogP contribution in [0.15, 0.2) is 24.3 Å². The number of hydrogen-bond donors (Lipinski definition) is 1. The van der Waals surface area contributed by atoms with E-state index >= 15 is 0 Å². The summed E-state index contributed by atoms with van der Waals surface area (Å²) in [5.74, 6) is 1.45. The molecule has 1 aromatic carbocycles. The largest absolute Gasteiger partial charge is 0.494 e. The minimum absolute atomic E-state index is 0.0891. The van der Waals surface area contributed by atoms with Gasteiger partial charge in [-0.05, 0) is 49.3 Å². The fourth-order valence-electron chi connectivity index (χ4n) is 3.46. The third-order valence-corrected chi connectivity index (χ3v) is 4.89. The Morgan fingerprint density at radius 1 is 1.16 bits per heavy atom. The second kappa shape index (κ2) is 5.96. The molecule has 0 saturated heterocycles. The van der Waals surface area contributed by atoms with Crippen LogP contribution in [0, 0.1) is 5.41 Å². The highest BCUT2D eigenvalue weighted by molar-refractivity contribution is 5.33. The van der Waals surface area contributed by atoms with Gasteiger partial charge in [-0.15, -0.1) is 0 Å². The molecule has 106 valence electrons. The molecular formula is C17H26O2. The van der Waals surface area contributed by atoms with Crippen molar-refractivity contribution < 1.29 is 9.84 Å². The zero-order valence-electron chi connectivity index (χ0n) is 12.4. The van der Waals surface area contributed by atoms with Crippen LogP contribution in [0.3, 0.4) is 0 Å². The maximum Gasteiger partial charge on any atom is 0.119 e. The summed E-state index contributed by atoms with van der Waals surface area (Å²) in [7, 11) is 0. The molecule has 1 saturated carbocycles. The second-order valence-electron chi connectivity index (χ2n) is 5.66. The predicted octanol–water partition coefficient (Wildman–Crippen LogP) is 4.13. The van der Waals surface area contributed by atoms with Crippen LogP contribution < -0.4 is 4.74 Å². The summed E-state index contributed by atoms with van der Waals surface area (Å²) in [5, 5.41) is 10.1. The van der Waals surface area contributed by atoms with E-state index in [0.717, 1.165) is 38.0 Å². The van der Waals surface area contributed by atoms with Gasteiger partial charge >= 0.3 is 0 Å². The number of hydrogen-bond acceptors (Lipinski definition) is 2. The lowest BCUT2D eigenvalue weighted by Crippen LogP contribution is -2.50. The van der Waals surface area contributed by atoms with E-state index in [9.17, 15) is 5.11 Å². The van der Waals surface area contributed by atoms with Crippen LogP contribution >= 0.6 is 0 Å². The van der Waals surface area contributed by atoms with Gasteiger partial charge in [-0.1, -0.05) is 32.9 Å². The van der Waals surface area contributed by atoms with E-state index in [1.165, 1.54) is 5.56 Å². The van der Waals surface area contributed by atoms with E-state index in [1.807, 2.05) is 0 Å². The van der Waals surface area contributed by atoms with E-state index in [0.29, 0.717) is 5.92 Å². The molecule has 2 unspecified atom stereocenters. The van der Waals surface area contributed by atoms with E-state index in [2.05, 4.69) is 45.0 Å². The van der Waals surface area contributed by atoms with Gasteiger partial charge in [0, 0.05) is 5.41 Å². The van der Waals surface area contributed by atoms with Gasteiger partial charge in [0.15, 0.2) is 0 Å². The molecule has 1 aliphatic carbocycles. The molecule has 0 spiro atoms. The van der Waals surface area contributed by atoms with Gasteiger partial charge in [0.1, 0.15) is 5.75 Å². The normalized spacial score (nSPS) is 24.8. The Kier molecular flexibility index (Phi) is 4.51. The van der Waals surface area contributed by atoms with E-state index < -0.39 is 0 Å². The van der Waals surface area contributed by atoms with Crippen LogP contribution in [0.2, 0.25) is 0 Å². The third kappa shape index (κ3) is 2.51. The molecule has 2 rings (SSSR count). The van der Waals surface area contributed by atoms with Crippen LogP contribution in [-0.2, 0) is 0 Å². The molecular weight excluding hydrogens is 236 g/mol. The van der Waals surface area contributed by atoms with Gasteiger partial charge in [-0.2, -0.15) is 0 Å². The minimum Gasteiger partial charge on any atom is -0.494 e. The van der Waals surface area contributed by atoms with Crippen molar-refractivity contribution in [2.24, 2.45) is 5.41 Å². The lowest BCUT2D eigenvalue weighted by molar-refractivity contribution is -0.0932. The molecule has 0 amide bonds. The van der Waals surface area contributed by atoms with E-state index in [4.69, 9.17) is 4.74 Å². The lowest BCUT2D eigenvalue weighted by Gasteiger charge is -2.53. The molecule has 0 aliphatic heterocycles. The van der Waals surface area contributed by atoms with Crippen LogP contribution in [-0.4, -0.2) is 17.8 Å². The number of aliphatic hydroxyl groups is 1. The second-order valence-corrected chi connectivity index (χ2v) is 5.66. The molecule has 0 radical (unpaired) electrons. The molecule has 2 nitrogen and oxygen atoms in total. The highest BCUT2D eigenvalue weighted by Crippen LogP contribution is 2.57. The molecule has 0 bridgehead atoms. The molecule has 1 fully saturated rings. The van der Waals surface area contributed by atoms with Crippen molar-refractivity contribution in [2.75, 3.05) is 6.61 Å². The monoisotopic (exact) mass is 262 g/mol. The Morgan fingerprint density at radius 2 is 1.79 bits per heavy atom. The van der Waals surface area contributed by atoms with Crippen LogP contribution in [0.25, 0.3) is 0 Å². The van der Waals surface area contributed by atoms with Gasteiger partial charge in [0.25, 0.3) is 0 Å². The summed E-state index contributed by atoms with van der Waals surface area (Å²) in [6, 6.07) is 8.46. The predicted molar refractivity (Wildman–Crippen MR) is 78.6 cm³/mol. The van der Waals surface area contributed by atoms with Crippen molar-refractivity contribution >= 4 is 0 Å². The van der Waals surface area contributed by atoms with Gasteiger partial charge in [0.2, 0.25) is 0 Å². The fourth-order valence-corrected chi connectivity index (χ4v) is 3.46.